The summed E-state index contributed by atoms with van der Waals surface area (Å²) in [5, 5.41) is 5.97. The van der Waals surface area contributed by atoms with Gasteiger partial charge in [-0.25, -0.2) is 0 Å². The Kier molecular flexibility index (Phi) is 3.81. The number of amides is 1. The summed E-state index contributed by atoms with van der Waals surface area (Å²) in [7, 11) is 1.98. The Bertz CT molecular complexity index is 889. The number of hydrogen-bond acceptors (Lipinski definition) is 2. The quantitative estimate of drug-likeness (QED) is 0.715. The van der Waals surface area contributed by atoms with E-state index in [0.717, 1.165) is 42.4 Å². The summed E-state index contributed by atoms with van der Waals surface area (Å²) >= 11 is 5.95. The number of hydrogen-bond donors (Lipinski definition) is 0. The zero-order valence-corrected chi connectivity index (χ0v) is 14.3. The summed E-state index contributed by atoms with van der Waals surface area (Å²) in [5.41, 5.74) is 1.87. The lowest BCUT2D eigenvalue weighted by atomic mass is 10.0. The maximum Gasteiger partial charge on any atom is 0.256 e. The molecule has 3 heterocycles. The van der Waals surface area contributed by atoms with Gasteiger partial charge >= 0.3 is 0 Å². The molecule has 0 radical (unpaired) electrons. The summed E-state index contributed by atoms with van der Waals surface area (Å²) < 4.78 is 3.93. The first-order chi connectivity index (χ1) is 11.6. The minimum absolute atomic E-state index is 0.115. The van der Waals surface area contributed by atoms with Crippen LogP contribution in [0.25, 0.3) is 10.9 Å². The second-order valence-electron chi connectivity index (χ2n) is 6.33. The van der Waals surface area contributed by atoms with E-state index in [0.29, 0.717) is 11.1 Å². The smallest absolute Gasteiger partial charge is 0.256 e. The fraction of sp³-hybridized carbons (Fsp3) is 0.333. The van der Waals surface area contributed by atoms with Crippen LogP contribution in [0.3, 0.4) is 0 Å². The van der Waals surface area contributed by atoms with E-state index in [4.69, 9.17) is 11.6 Å². The van der Waals surface area contributed by atoms with E-state index < -0.39 is 0 Å². The molecule has 1 aliphatic rings. The van der Waals surface area contributed by atoms with Crippen molar-refractivity contribution >= 4 is 28.4 Å². The van der Waals surface area contributed by atoms with Gasteiger partial charge in [0, 0.05) is 43.4 Å². The van der Waals surface area contributed by atoms with E-state index in [9.17, 15) is 4.79 Å². The van der Waals surface area contributed by atoms with Gasteiger partial charge in [-0.3, -0.25) is 9.48 Å². The van der Waals surface area contributed by atoms with E-state index in [2.05, 4.69) is 5.10 Å². The number of para-hydroxylation sites is 1. The normalized spacial score (nSPS) is 16.0. The number of aryl methyl sites for hydroxylation is 1. The van der Waals surface area contributed by atoms with Gasteiger partial charge in [0.25, 0.3) is 5.91 Å². The van der Waals surface area contributed by atoms with E-state index in [-0.39, 0.29) is 5.91 Å². The molecular formula is C18H19ClN4O. The first-order valence-corrected chi connectivity index (χ1v) is 8.54. The fourth-order valence-electron chi connectivity index (χ4n) is 3.53. The number of fused-ring (bicyclic) bond motifs is 1. The summed E-state index contributed by atoms with van der Waals surface area (Å²) in [5.74, 6) is 0.115. The number of likely N-dealkylation sites (tertiary alicyclic amines) is 1. The average Bonchev–Trinajstić information content (AvgIpc) is 3.19. The number of aromatic nitrogens is 3. The molecule has 24 heavy (non-hydrogen) atoms. The van der Waals surface area contributed by atoms with Gasteiger partial charge in [0.05, 0.1) is 22.8 Å². The minimum atomic E-state index is 0.115. The summed E-state index contributed by atoms with van der Waals surface area (Å²) in [4.78, 5) is 14.9. The monoisotopic (exact) mass is 342 g/mol. The van der Waals surface area contributed by atoms with Crippen LogP contribution in [0, 0.1) is 0 Å². The predicted molar refractivity (Wildman–Crippen MR) is 94.3 cm³/mol. The summed E-state index contributed by atoms with van der Waals surface area (Å²) in [6, 6.07) is 8.35. The van der Waals surface area contributed by atoms with Crippen molar-refractivity contribution in [2.45, 2.75) is 18.9 Å². The standard InChI is InChI=1S/C18H19ClN4O/c1-21-12-16(15-4-2-3-5-17(15)21)18(24)22-8-6-14(7-9-22)23-11-13(19)10-20-23/h2-5,10-12,14H,6-9H2,1H3. The molecule has 0 N–H and O–H groups in total. The Labute approximate surface area is 145 Å². The van der Waals surface area contributed by atoms with Crippen LogP contribution in [0.4, 0.5) is 0 Å². The SMILES string of the molecule is Cn1cc(C(=O)N2CCC(n3cc(Cl)cn3)CC2)c2ccccc21. The zero-order valence-electron chi connectivity index (χ0n) is 13.5. The molecule has 5 nitrogen and oxygen atoms in total. The Balaban J connectivity index is 1.52. The number of benzene rings is 1. The van der Waals surface area contributed by atoms with Crippen molar-refractivity contribution in [3.05, 3.63) is 53.4 Å². The molecule has 3 aromatic rings. The number of halogens is 1. The van der Waals surface area contributed by atoms with Crippen molar-refractivity contribution in [1.29, 1.82) is 0 Å². The van der Waals surface area contributed by atoms with E-state index in [1.165, 1.54) is 0 Å². The molecule has 0 unspecified atom stereocenters. The molecule has 0 atom stereocenters. The van der Waals surface area contributed by atoms with Gasteiger partial charge in [0.1, 0.15) is 0 Å². The maximum absolute atomic E-state index is 12.9. The van der Waals surface area contributed by atoms with Crippen molar-refractivity contribution in [2.75, 3.05) is 13.1 Å². The molecule has 0 saturated carbocycles. The van der Waals surface area contributed by atoms with Crippen LogP contribution in [-0.2, 0) is 7.05 Å². The van der Waals surface area contributed by atoms with Crippen molar-refractivity contribution in [2.24, 2.45) is 7.05 Å². The zero-order chi connectivity index (χ0) is 16.7. The highest BCUT2D eigenvalue weighted by Crippen LogP contribution is 2.26. The molecule has 1 aliphatic heterocycles. The highest BCUT2D eigenvalue weighted by atomic mass is 35.5. The molecule has 4 rings (SSSR count). The van der Waals surface area contributed by atoms with Gasteiger partial charge in [-0.1, -0.05) is 29.8 Å². The second kappa shape index (κ2) is 5.98. The van der Waals surface area contributed by atoms with Gasteiger partial charge in [-0.2, -0.15) is 5.10 Å². The first-order valence-electron chi connectivity index (χ1n) is 8.16. The number of nitrogens with zero attached hydrogens (tertiary/aromatic N) is 4. The summed E-state index contributed by atoms with van der Waals surface area (Å²) in [6.45, 7) is 1.48. The van der Waals surface area contributed by atoms with Crippen molar-refractivity contribution in [3.8, 4) is 0 Å². The molecule has 0 spiro atoms. The molecule has 0 bridgehead atoms. The van der Waals surface area contributed by atoms with Crippen LogP contribution in [-0.4, -0.2) is 38.2 Å². The molecule has 1 fully saturated rings. The fourth-order valence-corrected chi connectivity index (χ4v) is 3.67. The average molecular weight is 343 g/mol. The lowest BCUT2D eigenvalue weighted by Gasteiger charge is -2.32. The van der Waals surface area contributed by atoms with Gasteiger partial charge in [-0.05, 0) is 18.9 Å². The van der Waals surface area contributed by atoms with Crippen LogP contribution < -0.4 is 0 Å². The van der Waals surface area contributed by atoms with Crippen molar-refractivity contribution in [1.82, 2.24) is 19.2 Å². The van der Waals surface area contributed by atoms with Crippen LogP contribution in [0.2, 0.25) is 5.02 Å². The maximum atomic E-state index is 12.9. The first kappa shape index (κ1) is 15.3. The number of carbonyl (C=O) groups is 1. The molecule has 124 valence electrons. The summed E-state index contributed by atoms with van der Waals surface area (Å²) in [6.07, 6.45) is 7.25. The lowest BCUT2D eigenvalue weighted by Crippen LogP contribution is -2.39. The van der Waals surface area contributed by atoms with Gasteiger partial charge in [0.15, 0.2) is 0 Å². The Morgan fingerprint density at radius 1 is 1.21 bits per heavy atom. The Morgan fingerprint density at radius 2 is 1.96 bits per heavy atom. The van der Waals surface area contributed by atoms with Gasteiger partial charge in [0.2, 0.25) is 0 Å². The molecule has 1 saturated heterocycles. The molecular weight excluding hydrogens is 324 g/mol. The van der Waals surface area contributed by atoms with Gasteiger partial charge in [-0.15, -0.1) is 0 Å². The van der Waals surface area contributed by atoms with Crippen molar-refractivity contribution in [3.63, 3.8) is 0 Å². The minimum Gasteiger partial charge on any atom is -0.350 e. The lowest BCUT2D eigenvalue weighted by molar-refractivity contribution is 0.0691. The van der Waals surface area contributed by atoms with Crippen LogP contribution in [0.15, 0.2) is 42.9 Å². The van der Waals surface area contributed by atoms with Crippen molar-refractivity contribution < 1.29 is 4.79 Å². The molecule has 0 aliphatic carbocycles. The van der Waals surface area contributed by atoms with Crippen LogP contribution >= 0.6 is 11.6 Å². The molecule has 6 heteroatoms. The second-order valence-corrected chi connectivity index (χ2v) is 6.77. The molecule has 1 amide bonds. The number of piperidine rings is 1. The third-order valence-corrected chi connectivity index (χ3v) is 5.02. The highest BCUT2D eigenvalue weighted by molar-refractivity contribution is 6.30. The highest BCUT2D eigenvalue weighted by Gasteiger charge is 2.26. The number of carbonyl (C=O) groups excluding carboxylic acids is 1. The molecule has 2 aromatic heterocycles. The molecule has 1 aromatic carbocycles. The Hall–Kier alpha value is -2.27. The Morgan fingerprint density at radius 3 is 2.67 bits per heavy atom. The third-order valence-electron chi connectivity index (χ3n) is 4.82. The van der Waals surface area contributed by atoms with Crippen LogP contribution in [0.5, 0.6) is 0 Å². The third kappa shape index (κ3) is 2.59. The largest absolute Gasteiger partial charge is 0.350 e. The van der Waals surface area contributed by atoms with E-state index in [1.54, 1.807) is 6.20 Å². The predicted octanol–water partition coefficient (Wildman–Crippen LogP) is 3.51. The topological polar surface area (TPSA) is 43.1 Å². The van der Waals surface area contributed by atoms with E-state index in [1.807, 2.05) is 57.9 Å². The van der Waals surface area contributed by atoms with Crippen LogP contribution in [0.1, 0.15) is 29.2 Å². The van der Waals surface area contributed by atoms with Gasteiger partial charge < -0.3 is 9.47 Å². The number of rotatable bonds is 2. The van der Waals surface area contributed by atoms with E-state index >= 15 is 0 Å².